The zero-order valence-electron chi connectivity index (χ0n) is 11.4. The summed E-state index contributed by atoms with van der Waals surface area (Å²) < 4.78 is 17.1. The van der Waals surface area contributed by atoms with Crippen LogP contribution in [0.2, 0.25) is 0 Å². The fraction of sp³-hybridized carbons (Fsp3) is 0.286. The van der Waals surface area contributed by atoms with E-state index in [-0.39, 0.29) is 6.79 Å². The van der Waals surface area contributed by atoms with Crippen LogP contribution in [0.1, 0.15) is 13.3 Å². The first kappa shape index (κ1) is 13.9. The Balaban J connectivity index is 1.81. The highest BCUT2D eigenvalue weighted by molar-refractivity contribution is 9.10. The van der Waals surface area contributed by atoms with Gasteiger partial charge in [-0.25, -0.2) is 9.97 Å². The topological polar surface area (TPSA) is 65.5 Å². The van der Waals surface area contributed by atoms with E-state index in [4.69, 9.17) is 14.2 Å². The molecule has 0 amide bonds. The molecule has 1 N–H and O–H groups in total. The van der Waals surface area contributed by atoms with Gasteiger partial charge in [-0.1, -0.05) is 6.92 Å². The van der Waals surface area contributed by atoms with Crippen LogP contribution in [0.15, 0.2) is 29.0 Å². The third-order valence-electron chi connectivity index (χ3n) is 2.86. The molecule has 7 heteroatoms. The van der Waals surface area contributed by atoms with Gasteiger partial charge < -0.3 is 19.5 Å². The molecule has 1 aromatic heterocycles. The van der Waals surface area contributed by atoms with E-state index in [1.165, 1.54) is 6.33 Å². The summed E-state index contributed by atoms with van der Waals surface area (Å²) >= 11 is 3.46. The number of nitrogens with zero attached hydrogens (tertiary/aromatic N) is 2. The van der Waals surface area contributed by atoms with Crippen LogP contribution in [0.3, 0.4) is 0 Å². The Labute approximate surface area is 130 Å². The van der Waals surface area contributed by atoms with Gasteiger partial charge >= 0.3 is 0 Å². The monoisotopic (exact) mass is 351 g/mol. The van der Waals surface area contributed by atoms with E-state index < -0.39 is 0 Å². The van der Waals surface area contributed by atoms with Gasteiger partial charge in [-0.05, 0) is 34.5 Å². The fourth-order valence-corrected chi connectivity index (χ4v) is 2.27. The molecule has 0 radical (unpaired) electrons. The number of nitrogens with one attached hydrogen (secondary N) is 1. The summed E-state index contributed by atoms with van der Waals surface area (Å²) in [6, 6.07) is 5.39. The molecule has 0 saturated heterocycles. The first-order valence-electron chi connectivity index (χ1n) is 6.60. The summed E-state index contributed by atoms with van der Waals surface area (Å²) in [5, 5.41) is 3.21. The van der Waals surface area contributed by atoms with Crippen molar-refractivity contribution in [1.29, 1.82) is 0 Å². The van der Waals surface area contributed by atoms with E-state index in [1.54, 1.807) is 12.1 Å². The van der Waals surface area contributed by atoms with E-state index in [0.717, 1.165) is 18.7 Å². The van der Waals surface area contributed by atoms with E-state index in [2.05, 4.69) is 38.1 Å². The summed E-state index contributed by atoms with van der Waals surface area (Å²) in [6.45, 7) is 3.16. The van der Waals surface area contributed by atoms with Gasteiger partial charge in [0.25, 0.3) is 0 Å². The highest BCUT2D eigenvalue weighted by Gasteiger charge is 2.16. The van der Waals surface area contributed by atoms with Crippen LogP contribution in [0.4, 0.5) is 5.82 Å². The molecule has 0 bridgehead atoms. The number of rotatable bonds is 5. The molecule has 21 heavy (non-hydrogen) atoms. The molecule has 0 saturated carbocycles. The van der Waals surface area contributed by atoms with Crippen molar-refractivity contribution < 1.29 is 14.2 Å². The lowest BCUT2D eigenvalue weighted by Crippen LogP contribution is -2.04. The van der Waals surface area contributed by atoms with Crippen molar-refractivity contribution in [1.82, 2.24) is 9.97 Å². The van der Waals surface area contributed by atoms with Crippen molar-refractivity contribution in [2.45, 2.75) is 13.3 Å². The maximum Gasteiger partial charge on any atom is 0.238 e. The van der Waals surface area contributed by atoms with Gasteiger partial charge in [-0.2, -0.15) is 0 Å². The summed E-state index contributed by atoms with van der Waals surface area (Å²) in [4.78, 5) is 8.33. The molecule has 110 valence electrons. The lowest BCUT2D eigenvalue weighted by atomic mass is 10.3. The number of benzene rings is 1. The minimum absolute atomic E-state index is 0.237. The molecule has 2 aromatic rings. The summed E-state index contributed by atoms with van der Waals surface area (Å²) in [5.74, 6) is 3.17. The van der Waals surface area contributed by atoms with Crippen molar-refractivity contribution in [2.24, 2.45) is 0 Å². The lowest BCUT2D eigenvalue weighted by Gasteiger charge is -2.10. The molecule has 1 aliphatic rings. The van der Waals surface area contributed by atoms with E-state index >= 15 is 0 Å². The van der Waals surface area contributed by atoms with Gasteiger partial charge in [0.15, 0.2) is 11.5 Å². The molecule has 1 aromatic carbocycles. The molecule has 0 atom stereocenters. The van der Waals surface area contributed by atoms with E-state index in [1.807, 2.05) is 6.07 Å². The van der Waals surface area contributed by atoms with Gasteiger partial charge in [-0.3, -0.25) is 0 Å². The molecular weight excluding hydrogens is 338 g/mol. The zero-order valence-corrected chi connectivity index (χ0v) is 13.0. The largest absolute Gasteiger partial charge is 0.454 e. The van der Waals surface area contributed by atoms with Crippen LogP contribution in [0, 0.1) is 0 Å². The second kappa shape index (κ2) is 6.17. The maximum atomic E-state index is 5.78. The van der Waals surface area contributed by atoms with E-state index in [9.17, 15) is 0 Å². The molecular formula is C14H14BrN3O3. The minimum atomic E-state index is 0.237. The fourth-order valence-electron chi connectivity index (χ4n) is 1.84. The van der Waals surface area contributed by atoms with Gasteiger partial charge in [0.05, 0.1) is 0 Å². The summed E-state index contributed by atoms with van der Waals surface area (Å²) in [5.41, 5.74) is 0. The zero-order chi connectivity index (χ0) is 14.7. The normalized spacial score (nSPS) is 12.3. The number of anilines is 1. The maximum absolute atomic E-state index is 5.78. The predicted octanol–water partition coefficient (Wildman–Crippen LogP) is 3.58. The van der Waals surface area contributed by atoms with Gasteiger partial charge in [0.1, 0.15) is 22.4 Å². The molecule has 3 rings (SSSR count). The standard InChI is InChI=1S/C14H14BrN3O3/c1-2-5-16-13-12(15)14(18-7-17-13)21-9-3-4-10-11(6-9)20-8-19-10/h3-4,6-7H,2,5,8H2,1H3,(H,16,17,18). The Morgan fingerprint density at radius 2 is 2.14 bits per heavy atom. The molecule has 2 heterocycles. The Bertz CT molecular complexity index is 651. The Morgan fingerprint density at radius 3 is 3.00 bits per heavy atom. The van der Waals surface area contributed by atoms with Gasteiger partial charge in [0.2, 0.25) is 12.7 Å². The van der Waals surface area contributed by atoms with Gasteiger partial charge in [-0.15, -0.1) is 0 Å². The third-order valence-corrected chi connectivity index (χ3v) is 3.57. The molecule has 1 aliphatic heterocycles. The molecule has 6 nitrogen and oxygen atoms in total. The molecule has 0 aliphatic carbocycles. The van der Waals surface area contributed by atoms with Crippen LogP contribution in [0.5, 0.6) is 23.1 Å². The minimum Gasteiger partial charge on any atom is -0.454 e. The Kier molecular flexibility index (Phi) is 4.10. The summed E-state index contributed by atoms with van der Waals surface area (Å²) in [7, 11) is 0. The average Bonchev–Trinajstić information content (AvgIpc) is 2.96. The van der Waals surface area contributed by atoms with Crippen molar-refractivity contribution in [2.75, 3.05) is 18.7 Å². The smallest absolute Gasteiger partial charge is 0.238 e. The number of ether oxygens (including phenoxy) is 3. The Hall–Kier alpha value is -2.02. The molecule has 0 unspecified atom stereocenters. The second-order valence-electron chi connectivity index (χ2n) is 4.39. The second-order valence-corrected chi connectivity index (χ2v) is 5.18. The predicted molar refractivity (Wildman–Crippen MR) is 81.2 cm³/mol. The highest BCUT2D eigenvalue weighted by atomic mass is 79.9. The number of halogens is 1. The van der Waals surface area contributed by atoms with Crippen LogP contribution < -0.4 is 19.5 Å². The summed E-state index contributed by atoms with van der Waals surface area (Å²) in [6.07, 6.45) is 2.47. The lowest BCUT2D eigenvalue weighted by molar-refractivity contribution is 0.174. The van der Waals surface area contributed by atoms with Crippen LogP contribution in [-0.2, 0) is 0 Å². The Morgan fingerprint density at radius 1 is 1.29 bits per heavy atom. The quantitative estimate of drug-likeness (QED) is 0.887. The van der Waals surface area contributed by atoms with Crippen LogP contribution >= 0.6 is 15.9 Å². The highest BCUT2D eigenvalue weighted by Crippen LogP contribution is 2.38. The number of fused-ring (bicyclic) bond motifs is 1. The SMILES string of the molecule is CCCNc1ncnc(Oc2ccc3c(c2)OCO3)c1Br. The number of hydrogen-bond acceptors (Lipinski definition) is 6. The molecule has 0 fully saturated rings. The van der Waals surface area contributed by atoms with Crippen molar-refractivity contribution in [3.8, 4) is 23.1 Å². The van der Waals surface area contributed by atoms with Crippen LogP contribution in [-0.4, -0.2) is 23.3 Å². The van der Waals surface area contributed by atoms with E-state index in [0.29, 0.717) is 27.7 Å². The van der Waals surface area contributed by atoms with Crippen molar-refractivity contribution >= 4 is 21.7 Å². The molecule has 0 spiro atoms. The number of hydrogen-bond donors (Lipinski definition) is 1. The van der Waals surface area contributed by atoms with Crippen LogP contribution in [0.25, 0.3) is 0 Å². The average molecular weight is 352 g/mol. The first-order chi connectivity index (χ1) is 10.3. The van der Waals surface area contributed by atoms with Gasteiger partial charge in [0, 0.05) is 12.6 Å². The van der Waals surface area contributed by atoms with Crippen molar-refractivity contribution in [3.63, 3.8) is 0 Å². The number of aromatic nitrogens is 2. The first-order valence-corrected chi connectivity index (χ1v) is 7.39. The third kappa shape index (κ3) is 3.02. The van der Waals surface area contributed by atoms with Crippen molar-refractivity contribution in [3.05, 3.63) is 29.0 Å².